The predicted octanol–water partition coefficient (Wildman–Crippen LogP) is 2.07. The average molecular weight is 492 g/mol. The molecule has 0 aromatic carbocycles. The van der Waals surface area contributed by atoms with Crippen LogP contribution in [-0.4, -0.2) is 65.0 Å². The van der Waals surface area contributed by atoms with Crippen LogP contribution < -0.4 is 10.6 Å². The Morgan fingerprint density at radius 3 is 2.67 bits per heavy atom. The molecule has 3 N–H and O–H groups in total. The summed E-state index contributed by atoms with van der Waals surface area (Å²) in [5, 5.41) is 21.4. The number of hydrogen-bond donors (Lipinski definition) is 3. The van der Waals surface area contributed by atoms with Crippen LogP contribution in [0.2, 0.25) is 0 Å². The summed E-state index contributed by atoms with van der Waals surface area (Å²) in [6.07, 6.45) is 10.3. The molecule has 0 radical (unpaired) electrons. The van der Waals surface area contributed by atoms with E-state index < -0.39 is 5.60 Å². The second-order valence-electron chi connectivity index (χ2n) is 7.57. The highest BCUT2D eigenvalue weighted by Crippen LogP contribution is 2.21. The van der Waals surface area contributed by atoms with Gasteiger partial charge in [0, 0.05) is 44.5 Å². The first-order valence-electron chi connectivity index (χ1n) is 9.86. The number of nitrogens with one attached hydrogen (secondary N) is 2. The molecule has 1 atom stereocenters. The van der Waals surface area contributed by atoms with E-state index in [-0.39, 0.29) is 30.5 Å². The molecule has 1 aliphatic carbocycles. The van der Waals surface area contributed by atoms with Crippen molar-refractivity contribution in [1.29, 1.82) is 0 Å². The fraction of sp³-hybridized carbons (Fsp3) is 0.789. The number of likely N-dealkylation sites (N-methyl/N-ethyl adjacent to an activating group) is 1. The largest absolute Gasteiger partial charge is 0.383 e. The van der Waals surface area contributed by atoms with Crippen LogP contribution in [0.1, 0.15) is 51.5 Å². The van der Waals surface area contributed by atoms with E-state index in [4.69, 9.17) is 0 Å². The molecule has 1 aromatic rings. The van der Waals surface area contributed by atoms with Crippen LogP contribution in [0.15, 0.2) is 17.4 Å². The van der Waals surface area contributed by atoms with Gasteiger partial charge < -0.3 is 20.6 Å². The van der Waals surface area contributed by atoms with E-state index in [2.05, 4.69) is 32.7 Å². The topological polar surface area (TPSA) is 77.7 Å². The molecule has 0 spiro atoms. The van der Waals surface area contributed by atoms with Gasteiger partial charge in [0.15, 0.2) is 5.96 Å². The lowest BCUT2D eigenvalue weighted by Crippen LogP contribution is -2.44. The molecule has 27 heavy (non-hydrogen) atoms. The SMILES string of the molecule is CCNC(=NCC(C)(O)c1cnn(C)c1)NCCN(C)C1CCCCC1.I. The molecule has 1 aliphatic rings. The van der Waals surface area contributed by atoms with Crippen molar-refractivity contribution >= 4 is 29.9 Å². The molecule has 1 unspecified atom stereocenters. The van der Waals surface area contributed by atoms with Crippen LogP contribution in [0.3, 0.4) is 0 Å². The lowest BCUT2D eigenvalue weighted by Gasteiger charge is -2.31. The van der Waals surface area contributed by atoms with Gasteiger partial charge in [-0.15, -0.1) is 24.0 Å². The first-order valence-corrected chi connectivity index (χ1v) is 9.86. The van der Waals surface area contributed by atoms with E-state index in [0.29, 0.717) is 0 Å². The van der Waals surface area contributed by atoms with Crippen molar-refractivity contribution in [3.63, 3.8) is 0 Å². The van der Waals surface area contributed by atoms with E-state index >= 15 is 0 Å². The number of nitrogens with zero attached hydrogens (tertiary/aromatic N) is 4. The number of hydrogen-bond acceptors (Lipinski definition) is 4. The third kappa shape index (κ3) is 7.95. The van der Waals surface area contributed by atoms with E-state index in [1.165, 1.54) is 32.1 Å². The Morgan fingerprint density at radius 1 is 1.37 bits per heavy atom. The molecule has 0 aliphatic heterocycles. The maximum absolute atomic E-state index is 10.7. The number of aliphatic hydroxyl groups is 1. The molecule has 8 heteroatoms. The Bertz CT molecular complexity index is 568. The Balaban J connectivity index is 0.00000364. The van der Waals surface area contributed by atoms with Gasteiger partial charge in [0.25, 0.3) is 0 Å². The molecule has 1 saturated carbocycles. The summed E-state index contributed by atoms with van der Waals surface area (Å²) >= 11 is 0. The van der Waals surface area contributed by atoms with Crippen LogP contribution in [0.5, 0.6) is 0 Å². The van der Waals surface area contributed by atoms with Crippen molar-refractivity contribution in [2.45, 2.75) is 57.6 Å². The summed E-state index contributed by atoms with van der Waals surface area (Å²) in [6.45, 7) is 6.73. The van der Waals surface area contributed by atoms with Gasteiger partial charge in [-0.25, -0.2) is 4.99 Å². The predicted molar refractivity (Wildman–Crippen MR) is 122 cm³/mol. The number of halogens is 1. The van der Waals surface area contributed by atoms with Crippen molar-refractivity contribution in [2.75, 3.05) is 33.2 Å². The smallest absolute Gasteiger partial charge is 0.191 e. The van der Waals surface area contributed by atoms with Crippen LogP contribution >= 0.6 is 24.0 Å². The van der Waals surface area contributed by atoms with E-state index in [1.807, 2.05) is 20.2 Å². The first-order chi connectivity index (χ1) is 12.4. The first kappa shape index (κ1) is 24.2. The Morgan fingerprint density at radius 2 is 2.07 bits per heavy atom. The van der Waals surface area contributed by atoms with Crippen LogP contribution in [0.4, 0.5) is 0 Å². The zero-order valence-corrected chi connectivity index (χ0v) is 19.6. The molecular weight excluding hydrogens is 455 g/mol. The highest BCUT2D eigenvalue weighted by Gasteiger charge is 2.24. The summed E-state index contributed by atoms with van der Waals surface area (Å²) in [5.41, 5.74) is -0.258. The van der Waals surface area contributed by atoms with Crippen molar-refractivity contribution < 1.29 is 5.11 Å². The maximum atomic E-state index is 10.7. The van der Waals surface area contributed by atoms with Crippen molar-refractivity contribution in [3.8, 4) is 0 Å². The highest BCUT2D eigenvalue weighted by molar-refractivity contribution is 14.0. The number of rotatable bonds is 8. The fourth-order valence-electron chi connectivity index (χ4n) is 3.42. The zero-order chi connectivity index (χ0) is 19.0. The molecule has 2 rings (SSSR count). The number of guanidine groups is 1. The fourth-order valence-corrected chi connectivity index (χ4v) is 3.42. The molecule has 1 aromatic heterocycles. The van der Waals surface area contributed by atoms with Gasteiger partial charge in [0.1, 0.15) is 5.60 Å². The standard InChI is InChI=1S/C19H36N6O.HI/c1-5-20-18(21-11-12-24(3)17-9-7-6-8-10-17)22-15-19(2,26)16-13-23-25(4)14-16;/h13-14,17,26H,5-12,15H2,1-4H3,(H2,20,21,22);1H. The van der Waals surface area contributed by atoms with Gasteiger partial charge in [0.05, 0.1) is 12.7 Å². The normalized spacial score (nSPS) is 18.1. The molecule has 0 bridgehead atoms. The second kappa shape index (κ2) is 11.9. The number of aromatic nitrogens is 2. The van der Waals surface area contributed by atoms with Crippen LogP contribution in [0.25, 0.3) is 0 Å². The van der Waals surface area contributed by atoms with Gasteiger partial charge in [-0.2, -0.15) is 5.10 Å². The summed E-state index contributed by atoms with van der Waals surface area (Å²) in [5.74, 6) is 0.744. The minimum atomic E-state index is -1.03. The monoisotopic (exact) mass is 492 g/mol. The molecule has 0 amide bonds. The number of aliphatic imine (C=N–C) groups is 1. The van der Waals surface area contributed by atoms with Gasteiger partial charge in [-0.3, -0.25) is 4.68 Å². The second-order valence-corrected chi connectivity index (χ2v) is 7.57. The minimum Gasteiger partial charge on any atom is -0.383 e. The van der Waals surface area contributed by atoms with Gasteiger partial charge in [-0.05, 0) is 33.7 Å². The average Bonchev–Trinajstić information content (AvgIpc) is 3.08. The van der Waals surface area contributed by atoms with Gasteiger partial charge in [-0.1, -0.05) is 19.3 Å². The lowest BCUT2D eigenvalue weighted by molar-refractivity contribution is 0.0671. The summed E-state index contributed by atoms with van der Waals surface area (Å²) in [4.78, 5) is 7.03. The molecule has 7 nitrogen and oxygen atoms in total. The summed E-state index contributed by atoms with van der Waals surface area (Å²) < 4.78 is 1.69. The molecule has 0 saturated heterocycles. The van der Waals surface area contributed by atoms with Gasteiger partial charge in [0.2, 0.25) is 0 Å². The van der Waals surface area contributed by atoms with E-state index in [1.54, 1.807) is 17.8 Å². The quantitative estimate of drug-likeness (QED) is 0.294. The minimum absolute atomic E-state index is 0. The third-order valence-corrected chi connectivity index (χ3v) is 5.17. The Labute approximate surface area is 181 Å². The summed E-state index contributed by atoms with van der Waals surface area (Å²) in [7, 11) is 4.06. The molecule has 1 heterocycles. The van der Waals surface area contributed by atoms with Crippen LogP contribution in [0, 0.1) is 0 Å². The third-order valence-electron chi connectivity index (χ3n) is 5.17. The molecule has 1 fully saturated rings. The lowest BCUT2D eigenvalue weighted by atomic mass is 9.94. The molecule has 156 valence electrons. The van der Waals surface area contributed by atoms with Crippen molar-refractivity contribution in [3.05, 3.63) is 18.0 Å². The zero-order valence-electron chi connectivity index (χ0n) is 17.2. The summed E-state index contributed by atoms with van der Waals surface area (Å²) in [6, 6.07) is 0.719. The van der Waals surface area contributed by atoms with Crippen molar-refractivity contribution in [2.24, 2.45) is 12.0 Å². The Kier molecular flexibility index (Phi) is 10.6. The molecular formula is C19H37IN6O. The number of aryl methyl sites for hydroxylation is 1. The van der Waals surface area contributed by atoms with E-state index in [9.17, 15) is 5.11 Å². The van der Waals surface area contributed by atoms with Crippen molar-refractivity contribution in [1.82, 2.24) is 25.3 Å². The van der Waals surface area contributed by atoms with Crippen LogP contribution in [-0.2, 0) is 12.6 Å². The maximum Gasteiger partial charge on any atom is 0.191 e. The Hall–Kier alpha value is -0.870. The highest BCUT2D eigenvalue weighted by atomic mass is 127. The van der Waals surface area contributed by atoms with E-state index in [0.717, 1.165) is 37.2 Å². The van der Waals surface area contributed by atoms with Gasteiger partial charge >= 0.3 is 0 Å².